The van der Waals surface area contributed by atoms with Crippen molar-refractivity contribution in [2.45, 2.75) is 25.0 Å². The molecule has 1 fully saturated rings. The van der Waals surface area contributed by atoms with Crippen LogP contribution in [0.4, 0.5) is 4.79 Å². The van der Waals surface area contributed by atoms with Gasteiger partial charge in [-0.05, 0) is 13.0 Å². The predicted octanol–water partition coefficient (Wildman–Crippen LogP) is 0.941. The summed E-state index contributed by atoms with van der Waals surface area (Å²) in [5.74, 6) is -0.0662. The van der Waals surface area contributed by atoms with Gasteiger partial charge in [0.15, 0.2) is 5.54 Å². The summed E-state index contributed by atoms with van der Waals surface area (Å²) in [7, 11) is 0. The van der Waals surface area contributed by atoms with Crippen LogP contribution in [0.15, 0.2) is 12.3 Å². The smallest absolute Gasteiger partial charge is 0.322 e. The predicted molar refractivity (Wildman–Crippen MR) is 62.3 cm³/mol. The number of carbonyl (C=O) groups is 2. The molecule has 0 bridgehead atoms. The van der Waals surface area contributed by atoms with Crippen LogP contribution in [0.25, 0.3) is 0 Å². The van der Waals surface area contributed by atoms with E-state index in [0.717, 1.165) is 0 Å². The van der Waals surface area contributed by atoms with Gasteiger partial charge in [-0.2, -0.15) is 0 Å². The van der Waals surface area contributed by atoms with E-state index in [2.05, 4.69) is 15.6 Å². The first-order valence-electron chi connectivity index (χ1n) is 5.47. The van der Waals surface area contributed by atoms with Gasteiger partial charge < -0.3 is 10.1 Å². The van der Waals surface area contributed by atoms with E-state index in [1.54, 1.807) is 6.07 Å². The highest BCUT2D eigenvalue weighted by atomic mass is 35.5. The summed E-state index contributed by atoms with van der Waals surface area (Å²) in [5.41, 5.74) is -0.626. The molecule has 1 spiro atoms. The number of urea groups is 1. The summed E-state index contributed by atoms with van der Waals surface area (Å²) < 4.78 is 5.56. The molecular formula is C11H10ClN3O3. The second kappa shape index (κ2) is 3.58. The number of hydrogen-bond acceptors (Lipinski definition) is 4. The molecule has 3 amide bonds. The van der Waals surface area contributed by atoms with Crippen LogP contribution in [0.5, 0.6) is 5.88 Å². The molecule has 0 aliphatic carbocycles. The van der Waals surface area contributed by atoms with Crippen molar-refractivity contribution in [3.05, 3.63) is 22.8 Å². The zero-order chi connectivity index (χ0) is 12.9. The fourth-order valence-electron chi connectivity index (χ4n) is 2.42. The standard InChI is InChI=1S/C11H10ClN3O3/c1-5-3-11(9(16)14-10(17)15-11)7-2-6(12)4-13-8(7)18-5/h2,4-5H,3H2,1H3,(H2,14,15,16,17)/t5-,11?/m1/s1. The van der Waals surface area contributed by atoms with Crippen LogP contribution in [-0.2, 0) is 10.3 Å². The number of halogens is 1. The Bertz CT molecular complexity index is 562. The third kappa shape index (κ3) is 1.45. The largest absolute Gasteiger partial charge is 0.474 e. The van der Waals surface area contributed by atoms with Crippen molar-refractivity contribution in [3.8, 4) is 5.88 Å². The van der Waals surface area contributed by atoms with Crippen molar-refractivity contribution in [3.63, 3.8) is 0 Å². The van der Waals surface area contributed by atoms with Crippen molar-refractivity contribution < 1.29 is 14.3 Å². The Morgan fingerprint density at radius 3 is 3.00 bits per heavy atom. The van der Waals surface area contributed by atoms with Crippen LogP contribution in [0.1, 0.15) is 18.9 Å². The lowest BCUT2D eigenvalue weighted by atomic mass is 9.83. The summed E-state index contributed by atoms with van der Waals surface area (Å²) in [5, 5.41) is 5.29. The fourth-order valence-corrected chi connectivity index (χ4v) is 2.58. The van der Waals surface area contributed by atoms with Crippen molar-refractivity contribution in [2.75, 3.05) is 0 Å². The summed E-state index contributed by atoms with van der Waals surface area (Å²) in [6.07, 6.45) is 1.57. The van der Waals surface area contributed by atoms with E-state index in [1.807, 2.05) is 6.92 Å². The highest BCUT2D eigenvalue weighted by Crippen LogP contribution is 2.40. The number of rotatable bonds is 0. The SMILES string of the molecule is C[C@@H]1CC2(NC(=O)NC2=O)c2cc(Cl)cnc2O1. The number of carbonyl (C=O) groups excluding carboxylic acids is 2. The fraction of sp³-hybridized carbons (Fsp3) is 0.364. The first-order valence-corrected chi connectivity index (χ1v) is 5.85. The summed E-state index contributed by atoms with van der Waals surface area (Å²) in [6.45, 7) is 1.82. The van der Waals surface area contributed by atoms with E-state index >= 15 is 0 Å². The molecule has 18 heavy (non-hydrogen) atoms. The third-order valence-electron chi connectivity index (χ3n) is 3.13. The van der Waals surface area contributed by atoms with E-state index in [0.29, 0.717) is 22.9 Å². The molecule has 1 saturated heterocycles. The lowest BCUT2D eigenvalue weighted by Crippen LogP contribution is -2.49. The number of imide groups is 1. The normalized spacial score (nSPS) is 29.6. The Hall–Kier alpha value is -1.82. The van der Waals surface area contributed by atoms with Gasteiger partial charge in [-0.3, -0.25) is 10.1 Å². The van der Waals surface area contributed by atoms with Crippen LogP contribution in [0.2, 0.25) is 5.02 Å². The molecule has 0 radical (unpaired) electrons. The monoisotopic (exact) mass is 267 g/mol. The van der Waals surface area contributed by atoms with Gasteiger partial charge in [-0.15, -0.1) is 0 Å². The molecule has 0 aromatic carbocycles. The van der Waals surface area contributed by atoms with E-state index in [9.17, 15) is 9.59 Å². The van der Waals surface area contributed by atoms with Gasteiger partial charge in [0, 0.05) is 12.6 Å². The lowest BCUT2D eigenvalue weighted by molar-refractivity contribution is -0.126. The van der Waals surface area contributed by atoms with E-state index in [-0.39, 0.29) is 6.10 Å². The van der Waals surface area contributed by atoms with Gasteiger partial charge in [0.2, 0.25) is 5.88 Å². The number of fused-ring (bicyclic) bond motifs is 2. The Balaban J connectivity index is 2.20. The zero-order valence-electron chi connectivity index (χ0n) is 9.49. The number of ether oxygens (including phenoxy) is 1. The lowest BCUT2D eigenvalue weighted by Gasteiger charge is -2.35. The molecule has 2 aliphatic heterocycles. The summed E-state index contributed by atoms with van der Waals surface area (Å²) in [6, 6.07) is 1.08. The van der Waals surface area contributed by atoms with Crippen LogP contribution in [0.3, 0.4) is 0 Å². The van der Waals surface area contributed by atoms with Crippen molar-refractivity contribution in [1.29, 1.82) is 0 Å². The van der Waals surface area contributed by atoms with Crippen LogP contribution in [-0.4, -0.2) is 23.0 Å². The highest BCUT2D eigenvalue weighted by molar-refractivity contribution is 6.30. The minimum Gasteiger partial charge on any atom is -0.474 e. The number of nitrogens with one attached hydrogen (secondary N) is 2. The Morgan fingerprint density at radius 1 is 1.56 bits per heavy atom. The maximum absolute atomic E-state index is 12.1. The maximum atomic E-state index is 12.1. The topological polar surface area (TPSA) is 80.3 Å². The minimum absolute atomic E-state index is 0.227. The molecule has 3 heterocycles. The van der Waals surface area contributed by atoms with Crippen molar-refractivity contribution >= 4 is 23.5 Å². The van der Waals surface area contributed by atoms with Crippen LogP contribution < -0.4 is 15.4 Å². The molecule has 3 rings (SSSR count). The first-order chi connectivity index (χ1) is 8.51. The molecule has 1 aromatic heterocycles. The van der Waals surface area contributed by atoms with E-state index < -0.39 is 17.5 Å². The van der Waals surface area contributed by atoms with Gasteiger partial charge in [-0.1, -0.05) is 11.6 Å². The molecular weight excluding hydrogens is 258 g/mol. The zero-order valence-corrected chi connectivity index (χ0v) is 10.2. The average molecular weight is 268 g/mol. The van der Waals surface area contributed by atoms with Crippen molar-refractivity contribution in [1.82, 2.24) is 15.6 Å². The van der Waals surface area contributed by atoms with Gasteiger partial charge in [0.25, 0.3) is 5.91 Å². The van der Waals surface area contributed by atoms with Gasteiger partial charge >= 0.3 is 6.03 Å². The quantitative estimate of drug-likeness (QED) is 0.686. The molecule has 2 atom stereocenters. The Morgan fingerprint density at radius 2 is 2.33 bits per heavy atom. The molecule has 1 unspecified atom stereocenters. The second-order valence-corrected chi connectivity index (χ2v) is 4.89. The molecule has 0 saturated carbocycles. The first kappa shape index (κ1) is 11.3. The van der Waals surface area contributed by atoms with Crippen LogP contribution >= 0.6 is 11.6 Å². The molecule has 2 aliphatic rings. The van der Waals surface area contributed by atoms with Gasteiger partial charge in [-0.25, -0.2) is 9.78 Å². The summed E-state index contributed by atoms with van der Waals surface area (Å²) in [4.78, 5) is 27.5. The van der Waals surface area contributed by atoms with Crippen LogP contribution in [0, 0.1) is 0 Å². The molecule has 1 aromatic rings. The number of pyridine rings is 1. The van der Waals surface area contributed by atoms with E-state index in [1.165, 1.54) is 6.20 Å². The molecule has 7 heteroatoms. The number of aromatic nitrogens is 1. The Labute approximate surface area is 108 Å². The molecule has 2 N–H and O–H groups in total. The average Bonchev–Trinajstić information content (AvgIpc) is 2.55. The highest BCUT2D eigenvalue weighted by Gasteiger charge is 2.53. The third-order valence-corrected chi connectivity index (χ3v) is 3.33. The Kier molecular flexibility index (Phi) is 2.25. The minimum atomic E-state index is -1.12. The van der Waals surface area contributed by atoms with E-state index in [4.69, 9.17) is 16.3 Å². The number of hydrogen-bond donors (Lipinski definition) is 2. The molecule has 6 nitrogen and oxygen atoms in total. The van der Waals surface area contributed by atoms with Gasteiger partial charge in [0.1, 0.15) is 6.10 Å². The number of nitrogens with zero attached hydrogens (tertiary/aromatic N) is 1. The molecule has 94 valence electrons. The number of amides is 3. The second-order valence-electron chi connectivity index (χ2n) is 4.45. The van der Waals surface area contributed by atoms with Gasteiger partial charge in [0.05, 0.1) is 10.6 Å². The maximum Gasteiger partial charge on any atom is 0.322 e. The van der Waals surface area contributed by atoms with Crippen molar-refractivity contribution in [2.24, 2.45) is 0 Å². The summed E-state index contributed by atoms with van der Waals surface area (Å²) >= 11 is 5.90.